The van der Waals surface area contributed by atoms with Crippen LogP contribution in [0, 0.1) is 0 Å². The first-order chi connectivity index (χ1) is 5.40. The minimum Gasteiger partial charge on any atom is -0.274 e. The second kappa shape index (κ2) is 2.34. The molecule has 4 aliphatic heterocycles. The molecule has 4 rings (SSSR count). The average molecular weight is 172 g/mol. The summed E-state index contributed by atoms with van der Waals surface area (Å²) >= 11 is 1.90. The summed E-state index contributed by atoms with van der Waals surface area (Å²) < 4.78 is 4.83. The molecule has 4 fully saturated rings. The van der Waals surface area contributed by atoms with Crippen LogP contribution < -0.4 is 0 Å². The lowest BCUT2D eigenvalue weighted by molar-refractivity contribution is 0.0770. The summed E-state index contributed by atoms with van der Waals surface area (Å²) in [6, 6.07) is 0. The summed E-state index contributed by atoms with van der Waals surface area (Å²) in [6.07, 6.45) is 0. The van der Waals surface area contributed by atoms with Gasteiger partial charge in [0.25, 0.3) is 0 Å². The summed E-state index contributed by atoms with van der Waals surface area (Å²) in [7, 11) is 0. The second-order valence-electron chi connectivity index (χ2n) is 3.40. The molecule has 4 nitrogen and oxygen atoms in total. The van der Waals surface area contributed by atoms with Crippen molar-refractivity contribution in [1.82, 2.24) is 18.4 Å². The van der Waals surface area contributed by atoms with Crippen molar-refractivity contribution < 1.29 is 0 Å². The molecule has 4 aliphatic rings. The molecule has 0 aliphatic carbocycles. The lowest BCUT2D eigenvalue weighted by Crippen LogP contribution is -2.52. The predicted octanol–water partition coefficient (Wildman–Crippen LogP) is -0.372. The lowest BCUT2D eigenvalue weighted by atomic mass is 10.5. The highest BCUT2D eigenvalue weighted by atomic mass is 32.2. The minimum atomic E-state index is 1.15. The zero-order valence-corrected chi connectivity index (χ0v) is 7.26. The first-order valence-electron chi connectivity index (χ1n) is 4.03. The largest absolute Gasteiger partial charge is 0.274 e. The summed E-state index contributed by atoms with van der Waals surface area (Å²) in [5.74, 6) is 0. The van der Waals surface area contributed by atoms with E-state index in [0.717, 1.165) is 26.7 Å². The van der Waals surface area contributed by atoms with Crippen LogP contribution in [0.3, 0.4) is 0 Å². The number of rotatable bonds is 0. The monoisotopic (exact) mass is 172 g/mol. The van der Waals surface area contributed by atoms with Crippen LogP contribution >= 0.6 is 12.1 Å². The fourth-order valence-electron chi connectivity index (χ4n) is 1.90. The molecular weight excluding hydrogens is 160 g/mol. The molecular formula is C6H12N4S. The standard InChI is InChI=1S/C6H12N4S/c1-2-8-5-9-3-7(1)4-10(6-8)11-9/h1-6H2. The molecule has 0 radical (unpaired) electrons. The quantitative estimate of drug-likeness (QED) is 0.461. The van der Waals surface area contributed by atoms with Crippen LogP contribution in [-0.4, -0.2) is 58.2 Å². The molecule has 0 aromatic heterocycles. The van der Waals surface area contributed by atoms with Crippen molar-refractivity contribution in [1.29, 1.82) is 0 Å². The van der Waals surface area contributed by atoms with Gasteiger partial charge < -0.3 is 0 Å². The van der Waals surface area contributed by atoms with E-state index in [1.807, 2.05) is 12.1 Å². The molecule has 62 valence electrons. The van der Waals surface area contributed by atoms with Crippen LogP contribution in [0.1, 0.15) is 0 Å². The fraction of sp³-hybridized carbons (Fsp3) is 1.00. The SMILES string of the molecule is C1CN2CN3CN1CN(C2)S3. The van der Waals surface area contributed by atoms with Gasteiger partial charge in [-0.1, -0.05) is 0 Å². The van der Waals surface area contributed by atoms with Gasteiger partial charge in [0.2, 0.25) is 0 Å². The average Bonchev–Trinajstić information content (AvgIpc) is 2.18. The maximum absolute atomic E-state index is 2.50. The van der Waals surface area contributed by atoms with Crippen molar-refractivity contribution in [3.8, 4) is 0 Å². The predicted molar refractivity (Wildman–Crippen MR) is 44.1 cm³/mol. The third-order valence-electron chi connectivity index (χ3n) is 2.39. The number of hydrogen-bond acceptors (Lipinski definition) is 5. The van der Waals surface area contributed by atoms with Crippen molar-refractivity contribution >= 4 is 12.1 Å². The zero-order chi connectivity index (χ0) is 7.26. The highest BCUT2D eigenvalue weighted by Gasteiger charge is 2.34. The lowest BCUT2D eigenvalue weighted by Gasteiger charge is -2.43. The zero-order valence-electron chi connectivity index (χ0n) is 6.44. The van der Waals surface area contributed by atoms with E-state index in [0.29, 0.717) is 0 Å². The topological polar surface area (TPSA) is 13.0 Å². The van der Waals surface area contributed by atoms with Gasteiger partial charge in [0.1, 0.15) is 0 Å². The summed E-state index contributed by atoms with van der Waals surface area (Å²) in [6.45, 7) is 7.09. The van der Waals surface area contributed by atoms with Gasteiger partial charge in [-0.15, -0.1) is 0 Å². The molecule has 0 amide bonds. The van der Waals surface area contributed by atoms with Gasteiger partial charge in [0.05, 0.1) is 26.7 Å². The number of fused-ring (bicyclic) bond motifs is 1. The Bertz CT molecular complexity index is 142. The van der Waals surface area contributed by atoms with E-state index in [9.17, 15) is 0 Å². The van der Waals surface area contributed by atoms with E-state index < -0.39 is 0 Å². The van der Waals surface area contributed by atoms with E-state index in [1.54, 1.807) is 0 Å². The molecule has 0 N–H and O–H groups in total. The van der Waals surface area contributed by atoms with Gasteiger partial charge in [-0.05, 0) is 0 Å². The Morgan fingerprint density at radius 1 is 0.727 bits per heavy atom. The van der Waals surface area contributed by atoms with Crippen molar-refractivity contribution in [3.63, 3.8) is 0 Å². The van der Waals surface area contributed by atoms with Crippen LogP contribution in [0.15, 0.2) is 0 Å². The Kier molecular flexibility index (Phi) is 1.42. The number of nitrogens with zero attached hydrogens (tertiary/aromatic N) is 4. The van der Waals surface area contributed by atoms with Gasteiger partial charge in [0, 0.05) is 25.2 Å². The van der Waals surface area contributed by atoms with Crippen molar-refractivity contribution in [2.45, 2.75) is 0 Å². The Hall–Kier alpha value is 0.190. The summed E-state index contributed by atoms with van der Waals surface area (Å²) in [4.78, 5) is 5.01. The van der Waals surface area contributed by atoms with Crippen LogP contribution in [0.5, 0.6) is 0 Å². The Morgan fingerprint density at radius 3 is 1.64 bits per heavy atom. The normalized spacial score (nSPS) is 54.5. The third-order valence-corrected chi connectivity index (χ3v) is 3.32. The third kappa shape index (κ3) is 1.08. The van der Waals surface area contributed by atoms with Crippen LogP contribution in [0.4, 0.5) is 0 Å². The first kappa shape index (κ1) is 6.68. The molecule has 0 unspecified atom stereocenters. The first-order valence-corrected chi connectivity index (χ1v) is 4.76. The van der Waals surface area contributed by atoms with Crippen molar-refractivity contribution in [2.75, 3.05) is 39.8 Å². The molecule has 4 saturated heterocycles. The van der Waals surface area contributed by atoms with Gasteiger partial charge in [0.15, 0.2) is 0 Å². The highest BCUT2D eigenvalue weighted by Crippen LogP contribution is 2.29. The Morgan fingerprint density at radius 2 is 1.18 bits per heavy atom. The van der Waals surface area contributed by atoms with Crippen LogP contribution in [-0.2, 0) is 0 Å². The summed E-state index contributed by atoms with van der Waals surface area (Å²) in [5, 5.41) is 0. The molecule has 4 bridgehead atoms. The van der Waals surface area contributed by atoms with Crippen LogP contribution in [0.2, 0.25) is 0 Å². The van der Waals surface area contributed by atoms with E-state index in [4.69, 9.17) is 0 Å². The van der Waals surface area contributed by atoms with Crippen molar-refractivity contribution in [3.05, 3.63) is 0 Å². The molecule has 4 heterocycles. The second-order valence-corrected chi connectivity index (χ2v) is 4.60. The van der Waals surface area contributed by atoms with Gasteiger partial charge in [-0.3, -0.25) is 9.80 Å². The molecule has 0 saturated carbocycles. The summed E-state index contributed by atoms with van der Waals surface area (Å²) in [5.41, 5.74) is 0. The van der Waals surface area contributed by atoms with Gasteiger partial charge >= 0.3 is 0 Å². The van der Waals surface area contributed by atoms with E-state index in [1.165, 1.54) is 13.1 Å². The smallest absolute Gasteiger partial charge is 0.0644 e. The molecule has 11 heavy (non-hydrogen) atoms. The maximum atomic E-state index is 2.50. The van der Waals surface area contributed by atoms with E-state index in [2.05, 4.69) is 18.4 Å². The Labute approximate surface area is 71.0 Å². The molecule has 0 spiro atoms. The Balaban J connectivity index is 1.90. The highest BCUT2D eigenvalue weighted by molar-refractivity contribution is 7.94. The minimum absolute atomic E-state index is 1.15. The van der Waals surface area contributed by atoms with Gasteiger partial charge in [-0.25, -0.2) is 8.61 Å². The fourth-order valence-corrected chi connectivity index (χ4v) is 3.09. The van der Waals surface area contributed by atoms with Crippen LogP contribution in [0.25, 0.3) is 0 Å². The number of hydrogen-bond donors (Lipinski definition) is 0. The van der Waals surface area contributed by atoms with E-state index in [-0.39, 0.29) is 0 Å². The molecule has 5 heteroatoms. The molecule has 0 aromatic carbocycles. The van der Waals surface area contributed by atoms with E-state index >= 15 is 0 Å². The molecule has 0 aromatic rings. The molecule has 0 atom stereocenters. The van der Waals surface area contributed by atoms with Gasteiger partial charge in [-0.2, -0.15) is 0 Å². The van der Waals surface area contributed by atoms with Crippen molar-refractivity contribution in [2.24, 2.45) is 0 Å². The maximum Gasteiger partial charge on any atom is 0.0644 e.